The topological polar surface area (TPSA) is 74.8 Å². The molecule has 0 saturated carbocycles. The third-order valence-corrected chi connectivity index (χ3v) is 6.08. The molecule has 8 heteroatoms. The average Bonchev–Trinajstić information content (AvgIpc) is 3.27. The van der Waals surface area contributed by atoms with Crippen LogP contribution in [0.5, 0.6) is 5.75 Å². The second-order valence-electron chi connectivity index (χ2n) is 8.30. The van der Waals surface area contributed by atoms with Crippen molar-refractivity contribution in [1.29, 1.82) is 0 Å². The van der Waals surface area contributed by atoms with Crippen molar-refractivity contribution in [3.8, 4) is 11.4 Å². The number of hydrogen-bond acceptors (Lipinski definition) is 5. The number of benzene rings is 2. The Morgan fingerprint density at radius 1 is 1.15 bits per heavy atom. The lowest BCUT2D eigenvalue weighted by atomic mass is 9.96. The molecule has 5 rings (SSSR count). The van der Waals surface area contributed by atoms with Crippen LogP contribution in [0.2, 0.25) is 0 Å². The maximum atomic E-state index is 13.5. The molecular formula is C26H28FN5O2. The van der Waals surface area contributed by atoms with E-state index >= 15 is 0 Å². The summed E-state index contributed by atoms with van der Waals surface area (Å²) in [7, 11) is 1.62. The number of ether oxygens (including phenoxy) is 1. The van der Waals surface area contributed by atoms with E-state index in [0.717, 1.165) is 35.3 Å². The van der Waals surface area contributed by atoms with E-state index in [0.29, 0.717) is 30.1 Å². The van der Waals surface area contributed by atoms with Gasteiger partial charge in [-0.3, -0.25) is 9.36 Å². The van der Waals surface area contributed by atoms with E-state index in [-0.39, 0.29) is 24.8 Å². The van der Waals surface area contributed by atoms with E-state index in [1.807, 2.05) is 35.9 Å². The van der Waals surface area contributed by atoms with E-state index in [1.165, 1.54) is 12.1 Å². The highest BCUT2D eigenvalue weighted by Gasteiger charge is 2.25. The van der Waals surface area contributed by atoms with E-state index < -0.39 is 0 Å². The van der Waals surface area contributed by atoms with Crippen LogP contribution in [0.15, 0.2) is 59.8 Å². The molecule has 0 amide bonds. The van der Waals surface area contributed by atoms with Crippen LogP contribution < -0.4 is 10.3 Å². The molecule has 1 atom stereocenters. The van der Waals surface area contributed by atoms with Gasteiger partial charge < -0.3 is 9.30 Å². The van der Waals surface area contributed by atoms with Gasteiger partial charge in [-0.2, -0.15) is 0 Å². The summed E-state index contributed by atoms with van der Waals surface area (Å²) in [4.78, 5) is 17.7. The number of nitrogens with zero attached hydrogens (tertiary/aromatic N) is 5. The van der Waals surface area contributed by atoms with Gasteiger partial charge in [0, 0.05) is 19.0 Å². The summed E-state index contributed by atoms with van der Waals surface area (Å²) in [6, 6.07) is 12.0. The van der Waals surface area contributed by atoms with E-state index in [4.69, 9.17) is 4.74 Å². The van der Waals surface area contributed by atoms with Gasteiger partial charge in [-0.05, 0) is 55.2 Å². The average molecular weight is 462 g/mol. The first-order chi connectivity index (χ1) is 16.0. The summed E-state index contributed by atoms with van der Waals surface area (Å²) in [6.07, 6.45) is 6.41. The lowest BCUT2D eigenvalue weighted by Gasteiger charge is -2.27. The smallest absolute Gasteiger partial charge is 0.276 e. The minimum atomic E-state index is -0.293. The summed E-state index contributed by atoms with van der Waals surface area (Å²) in [5.41, 5.74) is 3.80. The quantitative estimate of drug-likeness (QED) is 0.440. The number of aromatic nitrogens is 5. The maximum Gasteiger partial charge on any atom is 0.276 e. The Labute approximate surface area is 197 Å². The first-order valence-electron chi connectivity index (χ1n) is 10.9. The summed E-state index contributed by atoms with van der Waals surface area (Å²) < 4.78 is 22.7. The highest BCUT2D eigenvalue weighted by atomic mass is 19.1. The molecule has 2 aromatic carbocycles. The van der Waals surface area contributed by atoms with Crippen molar-refractivity contribution in [2.24, 2.45) is 0 Å². The number of fused-ring (bicyclic) bond motifs is 1. The zero-order chi connectivity index (χ0) is 22.9. The van der Waals surface area contributed by atoms with Crippen molar-refractivity contribution in [3.05, 3.63) is 99.5 Å². The predicted octanol–water partition coefficient (Wildman–Crippen LogP) is 4.43. The van der Waals surface area contributed by atoms with E-state index in [2.05, 4.69) is 15.2 Å². The Bertz CT molecular complexity index is 1360. The van der Waals surface area contributed by atoms with Crippen LogP contribution in [0.1, 0.15) is 54.6 Å². The summed E-state index contributed by atoms with van der Waals surface area (Å²) >= 11 is 0. The first kappa shape index (κ1) is 23.4. The molecule has 0 fully saturated rings. The van der Waals surface area contributed by atoms with Gasteiger partial charge in [-0.1, -0.05) is 25.6 Å². The number of rotatable bonds is 5. The molecule has 0 N–H and O–H groups in total. The minimum absolute atomic E-state index is 0. The van der Waals surface area contributed by atoms with Crippen LogP contribution in [0, 0.1) is 12.7 Å². The Morgan fingerprint density at radius 3 is 2.65 bits per heavy atom. The predicted molar refractivity (Wildman–Crippen MR) is 128 cm³/mol. The molecule has 0 aliphatic carbocycles. The van der Waals surface area contributed by atoms with Gasteiger partial charge >= 0.3 is 0 Å². The largest absolute Gasteiger partial charge is 0.495 e. The molecule has 34 heavy (non-hydrogen) atoms. The zero-order valence-corrected chi connectivity index (χ0v) is 18.5. The van der Waals surface area contributed by atoms with E-state index in [1.54, 1.807) is 30.1 Å². The second-order valence-corrected chi connectivity index (χ2v) is 8.30. The number of imidazole rings is 1. The molecule has 0 radical (unpaired) electrons. The highest BCUT2D eigenvalue weighted by molar-refractivity contribution is 5.49. The summed E-state index contributed by atoms with van der Waals surface area (Å²) in [5, 5.41) is 8.64. The van der Waals surface area contributed by atoms with Gasteiger partial charge in [0.05, 0.1) is 30.9 Å². The molecule has 2 aromatic heterocycles. The number of aryl methyl sites for hydroxylation is 2. The van der Waals surface area contributed by atoms with Gasteiger partial charge in [-0.25, -0.2) is 9.37 Å². The fourth-order valence-corrected chi connectivity index (χ4v) is 4.44. The standard InChI is InChI=1S/C25H24FN5O2.CH4/c1-16-14-30(15-27-16)22-11-6-17(13-23(22)33-2)12-20-25(32)31-21(4-3-5-24(31)29-28-20)18-7-9-19(26)10-8-18;/h6-11,13-15,21H,3-5,12H2,1-2H3;1H4. The van der Waals surface area contributed by atoms with E-state index in [9.17, 15) is 9.18 Å². The summed E-state index contributed by atoms with van der Waals surface area (Å²) in [5.74, 6) is 1.06. The molecule has 1 aliphatic rings. The van der Waals surface area contributed by atoms with Gasteiger partial charge in [0.1, 0.15) is 23.1 Å². The Hall–Kier alpha value is -3.81. The van der Waals surface area contributed by atoms with Gasteiger partial charge in [-0.15, -0.1) is 10.2 Å². The molecule has 1 unspecified atom stereocenters. The fraction of sp³-hybridized carbons (Fsp3) is 0.308. The van der Waals surface area contributed by atoms with Crippen LogP contribution >= 0.6 is 0 Å². The Morgan fingerprint density at radius 2 is 1.94 bits per heavy atom. The first-order valence-corrected chi connectivity index (χ1v) is 10.9. The van der Waals surface area contributed by atoms with Gasteiger partial charge in [0.15, 0.2) is 0 Å². The van der Waals surface area contributed by atoms with Crippen LogP contribution in [-0.2, 0) is 12.8 Å². The van der Waals surface area contributed by atoms with Crippen LogP contribution in [0.25, 0.3) is 5.69 Å². The molecule has 1 aliphatic heterocycles. The lowest BCUT2D eigenvalue weighted by molar-refractivity contribution is 0.412. The maximum absolute atomic E-state index is 13.5. The molecule has 3 heterocycles. The van der Waals surface area contributed by atoms with Crippen molar-refractivity contribution in [2.75, 3.05) is 7.11 Å². The van der Waals surface area contributed by atoms with Crippen LogP contribution in [0.3, 0.4) is 0 Å². The third-order valence-electron chi connectivity index (χ3n) is 6.08. The van der Waals surface area contributed by atoms with Crippen molar-refractivity contribution in [3.63, 3.8) is 0 Å². The van der Waals surface area contributed by atoms with Crippen LogP contribution in [-0.4, -0.2) is 31.4 Å². The molecule has 7 nitrogen and oxygen atoms in total. The third kappa shape index (κ3) is 4.35. The number of halogens is 1. The zero-order valence-electron chi connectivity index (χ0n) is 18.5. The second kappa shape index (κ2) is 9.59. The summed E-state index contributed by atoms with van der Waals surface area (Å²) in [6.45, 7) is 1.93. The monoisotopic (exact) mass is 461 g/mol. The number of hydrogen-bond donors (Lipinski definition) is 0. The van der Waals surface area contributed by atoms with Crippen molar-refractivity contribution in [1.82, 2.24) is 24.3 Å². The highest BCUT2D eigenvalue weighted by Crippen LogP contribution is 2.29. The Balaban J connectivity index is 0.00000274. The SMILES string of the molecule is C.COc1cc(Cc2nnc3n(c2=O)C(c2ccc(F)cc2)CCC3)ccc1-n1cnc(C)c1. The Kier molecular flexibility index (Phi) is 6.58. The van der Waals surface area contributed by atoms with Gasteiger partial charge in [0.2, 0.25) is 0 Å². The molecule has 0 bridgehead atoms. The van der Waals surface area contributed by atoms with Crippen molar-refractivity contribution < 1.29 is 9.13 Å². The van der Waals surface area contributed by atoms with Gasteiger partial charge in [0.25, 0.3) is 5.56 Å². The molecule has 176 valence electrons. The van der Waals surface area contributed by atoms with Crippen molar-refractivity contribution >= 4 is 0 Å². The lowest BCUT2D eigenvalue weighted by Crippen LogP contribution is -2.36. The normalized spacial score (nSPS) is 14.9. The molecular weight excluding hydrogens is 433 g/mol. The fourth-order valence-electron chi connectivity index (χ4n) is 4.44. The molecule has 0 spiro atoms. The van der Waals surface area contributed by atoms with Crippen LogP contribution in [0.4, 0.5) is 4.39 Å². The number of methoxy groups -OCH3 is 1. The molecule has 0 saturated heterocycles. The van der Waals surface area contributed by atoms with Crippen molar-refractivity contribution in [2.45, 2.75) is 46.1 Å². The minimum Gasteiger partial charge on any atom is -0.495 e. The molecule has 4 aromatic rings.